The van der Waals surface area contributed by atoms with Gasteiger partial charge in [-0.2, -0.15) is 8.42 Å². The molecule has 0 spiro atoms. The summed E-state index contributed by atoms with van der Waals surface area (Å²) in [6.07, 6.45) is 2.38. The van der Waals surface area contributed by atoms with E-state index in [9.17, 15) is 8.42 Å². The van der Waals surface area contributed by atoms with Gasteiger partial charge in [-0.05, 0) is 30.3 Å². The van der Waals surface area contributed by atoms with E-state index >= 15 is 0 Å². The molecular weight excluding hydrogens is 324 g/mol. The zero-order valence-corrected chi connectivity index (χ0v) is 13.0. The van der Waals surface area contributed by atoms with Crippen molar-refractivity contribution in [3.8, 4) is 0 Å². The smallest absolute Gasteiger partial charge is 0.287 e. The summed E-state index contributed by atoms with van der Waals surface area (Å²) in [6.45, 7) is 0.515. The lowest BCUT2D eigenvalue weighted by molar-refractivity contribution is 0.597. The van der Waals surface area contributed by atoms with Crippen molar-refractivity contribution in [3.63, 3.8) is 0 Å². The van der Waals surface area contributed by atoms with Crippen LogP contribution in [0.5, 0.6) is 0 Å². The van der Waals surface area contributed by atoms with Crippen LogP contribution < -0.4 is 10.6 Å². The van der Waals surface area contributed by atoms with E-state index in [0.717, 1.165) is 5.69 Å². The zero-order valence-electron chi connectivity index (χ0n) is 11.5. The summed E-state index contributed by atoms with van der Waals surface area (Å²) in [4.78, 5) is 4.28. The molecule has 1 aliphatic heterocycles. The normalized spacial score (nSPS) is 15.4. The number of fused-ring (bicyclic) bond motifs is 1. The Bertz CT molecular complexity index is 822. The predicted molar refractivity (Wildman–Crippen MR) is 85.6 cm³/mol. The number of anilines is 1. The highest BCUT2D eigenvalue weighted by Gasteiger charge is 2.24. The van der Waals surface area contributed by atoms with Crippen molar-refractivity contribution in [1.82, 2.24) is 10.3 Å². The van der Waals surface area contributed by atoms with Crippen LogP contribution in [0.3, 0.4) is 0 Å². The first-order chi connectivity index (χ1) is 10.5. The highest BCUT2D eigenvalue weighted by atomic mass is 35.5. The minimum absolute atomic E-state index is 0.0790. The quantitative estimate of drug-likeness (QED) is 0.896. The predicted octanol–water partition coefficient (Wildman–Crippen LogP) is 2.04. The topological polar surface area (TPSA) is 83.5 Å². The molecule has 0 saturated heterocycles. The molecule has 0 amide bonds. The molecule has 22 heavy (non-hydrogen) atoms. The van der Waals surface area contributed by atoms with Gasteiger partial charge < -0.3 is 10.6 Å². The lowest BCUT2D eigenvalue weighted by Gasteiger charge is -2.19. The van der Waals surface area contributed by atoms with Crippen molar-refractivity contribution in [2.45, 2.75) is 11.3 Å². The lowest BCUT2D eigenvalue weighted by Crippen LogP contribution is -2.35. The van der Waals surface area contributed by atoms with Crippen LogP contribution in [0.1, 0.15) is 5.69 Å². The Morgan fingerprint density at radius 1 is 1.23 bits per heavy atom. The summed E-state index contributed by atoms with van der Waals surface area (Å²) >= 11 is 5.83. The molecule has 0 atom stereocenters. The number of sulfonamides is 1. The Morgan fingerprint density at radius 3 is 2.86 bits per heavy atom. The molecule has 0 radical (unpaired) electrons. The Morgan fingerprint density at radius 2 is 2.09 bits per heavy atom. The number of nitrogens with zero attached hydrogens (tertiary/aromatic N) is 2. The first-order valence-electron chi connectivity index (χ1n) is 6.60. The Balaban J connectivity index is 1.72. The second-order valence-corrected chi connectivity index (χ2v) is 6.69. The number of halogens is 1. The van der Waals surface area contributed by atoms with Gasteiger partial charge in [-0.15, -0.1) is 4.40 Å². The third-order valence-corrected chi connectivity index (χ3v) is 4.64. The maximum Gasteiger partial charge on any atom is 0.287 e. The molecule has 1 aromatic carbocycles. The molecule has 114 valence electrons. The maximum atomic E-state index is 12.1. The van der Waals surface area contributed by atoms with Gasteiger partial charge in [-0.1, -0.05) is 17.7 Å². The first kappa shape index (κ1) is 14.8. The molecule has 0 aliphatic carbocycles. The highest BCUT2D eigenvalue weighted by Crippen LogP contribution is 2.29. The van der Waals surface area contributed by atoms with Crippen molar-refractivity contribution in [2.75, 3.05) is 11.9 Å². The number of guanidine groups is 1. The van der Waals surface area contributed by atoms with E-state index in [4.69, 9.17) is 11.6 Å². The zero-order chi connectivity index (χ0) is 15.6. The van der Waals surface area contributed by atoms with Gasteiger partial charge in [0.2, 0.25) is 5.96 Å². The number of hydrogen-bond donors (Lipinski definition) is 2. The van der Waals surface area contributed by atoms with Gasteiger partial charge in [0, 0.05) is 29.9 Å². The Kier molecular flexibility index (Phi) is 4.00. The van der Waals surface area contributed by atoms with Crippen LogP contribution in [0.15, 0.2) is 51.9 Å². The number of pyridine rings is 1. The van der Waals surface area contributed by atoms with Crippen molar-refractivity contribution < 1.29 is 8.42 Å². The Hall–Kier alpha value is -2.12. The summed E-state index contributed by atoms with van der Waals surface area (Å²) in [5.74, 6) is 0.200. The van der Waals surface area contributed by atoms with Gasteiger partial charge >= 0.3 is 0 Å². The van der Waals surface area contributed by atoms with Crippen LogP contribution in [0.2, 0.25) is 5.02 Å². The average Bonchev–Trinajstić information content (AvgIpc) is 2.49. The van der Waals surface area contributed by atoms with Gasteiger partial charge in [-0.25, -0.2) is 0 Å². The van der Waals surface area contributed by atoms with Crippen LogP contribution in [0.25, 0.3) is 0 Å². The molecule has 0 unspecified atom stereocenters. The standard InChI is InChI=1S/C14H13ClN4O2S/c15-10-4-5-12-13(9-10)22(20,21)19-14(18-12)17-8-6-11-3-1-2-7-16-11/h1-5,7,9H,6,8H2,(H2,17,18,19). The van der Waals surface area contributed by atoms with Crippen LogP contribution in [0.4, 0.5) is 5.69 Å². The molecule has 8 heteroatoms. The first-order valence-corrected chi connectivity index (χ1v) is 8.42. The van der Waals surface area contributed by atoms with Gasteiger partial charge in [0.15, 0.2) is 0 Å². The van der Waals surface area contributed by atoms with Crippen LogP contribution in [-0.2, 0) is 16.4 Å². The molecule has 0 fully saturated rings. The number of hydrogen-bond acceptors (Lipinski definition) is 5. The van der Waals surface area contributed by atoms with Gasteiger partial charge in [0.25, 0.3) is 10.0 Å². The molecule has 1 aromatic heterocycles. The second kappa shape index (κ2) is 5.94. The van der Waals surface area contributed by atoms with E-state index in [1.807, 2.05) is 18.2 Å². The number of benzene rings is 1. The fourth-order valence-corrected chi connectivity index (χ4v) is 3.42. The molecule has 0 bridgehead atoms. The lowest BCUT2D eigenvalue weighted by atomic mass is 10.3. The van der Waals surface area contributed by atoms with E-state index in [0.29, 0.717) is 23.7 Å². The van der Waals surface area contributed by atoms with Crippen molar-refractivity contribution in [1.29, 1.82) is 0 Å². The third kappa shape index (κ3) is 3.20. The van der Waals surface area contributed by atoms with E-state index in [1.165, 1.54) is 6.07 Å². The summed E-state index contributed by atoms with van der Waals surface area (Å²) in [5, 5.41) is 6.27. The van der Waals surface area contributed by atoms with Gasteiger partial charge in [-0.3, -0.25) is 4.98 Å². The Labute approximate surface area is 133 Å². The average molecular weight is 337 g/mol. The summed E-state index contributed by atoms with van der Waals surface area (Å²) in [5.41, 5.74) is 1.38. The van der Waals surface area contributed by atoms with Crippen LogP contribution >= 0.6 is 11.6 Å². The third-order valence-electron chi connectivity index (χ3n) is 3.09. The monoisotopic (exact) mass is 336 g/mol. The number of nitrogens with one attached hydrogen (secondary N) is 2. The minimum Gasteiger partial charge on any atom is -0.355 e. The van der Waals surface area contributed by atoms with Gasteiger partial charge in [0.1, 0.15) is 4.90 Å². The fourth-order valence-electron chi connectivity index (χ4n) is 2.06. The fraction of sp³-hybridized carbons (Fsp3) is 0.143. The van der Waals surface area contributed by atoms with Gasteiger partial charge in [0.05, 0.1) is 5.69 Å². The van der Waals surface area contributed by atoms with Crippen LogP contribution in [-0.4, -0.2) is 25.9 Å². The maximum absolute atomic E-state index is 12.1. The van der Waals surface area contributed by atoms with E-state index in [1.54, 1.807) is 18.3 Å². The van der Waals surface area contributed by atoms with E-state index in [-0.39, 0.29) is 10.9 Å². The van der Waals surface area contributed by atoms with Crippen molar-refractivity contribution in [3.05, 3.63) is 53.3 Å². The molecule has 2 aromatic rings. The molecular formula is C14H13ClN4O2S. The highest BCUT2D eigenvalue weighted by molar-refractivity contribution is 7.90. The SMILES string of the molecule is O=S1(=O)N=C(NCCc2ccccn2)Nc2ccc(Cl)cc21. The molecule has 2 heterocycles. The molecule has 2 N–H and O–H groups in total. The van der Waals surface area contributed by atoms with Crippen molar-refractivity contribution >= 4 is 33.3 Å². The van der Waals surface area contributed by atoms with E-state index in [2.05, 4.69) is 20.0 Å². The molecule has 0 saturated carbocycles. The molecule has 6 nitrogen and oxygen atoms in total. The second-order valence-electron chi connectivity index (χ2n) is 4.68. The number of rotatable bonds is 3. The summed E-state index contributed by atoms with van der Waals surface area (Å²) in [7, 11) is -3.75. The summed E-state index contributed by atoms with van der Waals surface area (Å²) in [6, 6.07) is 10.3. The number of aromatic nitrogens is 1. The van der Waals surface area contributed by atoms with Crippen LogP contribution in [0, 0.1) is 0 Å². The minimum atomic E-state index is -3.75. The van der Waals surface area contributed by atoms with E-state index < -0.39 is 10.0 Å². The van der Waals surface area contributed by atoms with Crippen molar-refractivity contribution in [2.24, 2.45) is 4.40 Å². The summed E-state index contributed by atoms with van der Waals surface area (Å²) < 4.78 is 28.0. The molecule has 3 rings (SSSR count). The molecule has 1 aliphatic rings. The largest absolute Gasteiger partial charge is 0.355 e.